The SMILES string of the molecule is COc1ccc(NC(=O)c2ccc(C(=O)NC(C)(C)C)cc2)cc1. The fraction of sp³-hybridized carbons (Fsp3) is 0.263. The molecule has 2 rings (SSSR count). The Kier molecular flexibility index (Phi) is 5.24. The first-order chi connectivity index (χ1) is 11.3. The first-order valence-corrected chi connectivity index (χ1v) is 7.66. The van der Waals surface area contributed by atoms with Gasteiger partial charge >= 0.3 is 0 Å². The number of rotatable bonds is 4. The Morgan fingerprint density at radius 1 is 0.833 bits per heavy atom. The van der Waals surface area contributed by atoms with Crippen molar-refractivity contribution in [2.75, 3.05) is 12.4 Å². The highest BCUT2D eigenvalue weighted by Crippen LogP contribution is 2.16. The second-order valence-electron chi connectivity index (χ2n) is 6.46. The third kappa shape index (κ3) is 4.84. The number of benzene rings is 2. The quantitative estimate of drug-likeness (QED) is 0.904. The summed E-state index contributed by atoms with van der Waals surface area (Å²) in [5.74, 6) is 0.328. The average molecular weight is 326 g/mol. The molecule has 0 saturated carbocycles. The Morgan fingerprint density at radius 2 is 1.33 bits per heavy atom. The molecule has 5 heteroatoms. The Bertz CT molecular complexity index is 714. The topological polar surface area (TPSA) is 67.4 Å². The first kappa shape index (κ1) is 17.5. The van der Waals surface area contributed by atoms with Crippen molar-refractivity contribution in [1.82, 2.24) is 5.32 Å². The van der Waals surface area contributed by atoms with Crippen LogP contribution in [0.5, 0.6) is 5.75 Å². The number of hydrogen-bond acceptors (Lipinski definition) is 3. The molecule has 0 unspecified atom stereocenters. The molecule has 2 N–H and O–H groups in total. The van der Waals surface area contributed by atoms with Crippen LogP contribution in [0.2, 0.25) is 0 Å². The summed E-state index contributed by atoms with van der Waals surface area (Å²) in [7, 11) is 1.59. The van der Waals surface area contributed by atoms with Crippen LogP contribution < -0.4 is 15.4 Å². The van der Waals surface area contributed by atoms with Gasteiger partial charge in [0.05, 0.1) is 7.11 Å². The number of methoxy groups -OCH3 is 1. The van der Waals surface area contributed by atoms with Crippen LogP contribution in [0.25, 0.3) is 0 Å². The summed E-state index contributed by atoms with van der Waals surface area (Å²) >= 11 is 0. The van der Waals surface area contributed by atoms with Crippen molar-refractivity contribution in [3.63, 3.8) is 0 Å². The van der Waals surface area contributed by atoms with Crippen molar-refractivity contribution in [2.24, 2.45) is 0 Å². The van der Waals surface area contributed by atoms with E-state index in [2.05, 4.69) is 10.6 Å². The van der Waals surface area contributed by atoms with Gasteiger partial charge in [0, 0.05) is 22.4 Å². The third-order valence-electron chi connectivity index (χ3n) is 3.25. The number of anilines is 1. The summed E-state index contributed by atoms with van der Waals surface area (Å²) in [5.41, 5.74) is 1.38. The van der Waals surface area contributed by atoms with E-state index in [0.717, 1.165) is 5.75 Å². The minimum absolute atomic E-state index is 0.162. The van der Waals surface area contributed by atoms with Gasteiger partial charge in [-0.3, -0.25) is 9.59 Å². The van der Waals surface area contributed by atoms with Gasteiger partial charge in [-0.25, -0.2) is 0 Å². The molecule has 0 radical (unpaired) electrons. The Balaban J connectivity index is 2.04. The van der Waals surface area contributed by atoms with Crippen LogP contribution in [0.3, 0.4) is 0 Å². The molecule has 126 valence electrons. The molecule has 24 heavy (non-hydrogen) atoms. The fourth-order valence-electron chi connectivity index (χ4n) is 2.06. The van der Waals surface area contributed by atoms with Gasteiger partial charge in [0.15, 0.2) is 0 Å². The number of ether oxygens (including phenoxy) is 1. The van der Waals surface area contributed by atoms with Gasteiger partial charge in [-0.2, -0.15) is 0 Å². The van der Waals surface area contributed by atoms with Crippen LogP contribution in [0.15, 0.2) is 48.5 Å². The van der Waals surface area contributed by atoms with Gasteiger partial charge in [0.2, 0.25) is 0 Å². The van der Waals surface area contributed by atoms with Gasteiger partial charge in [-0.15, -0.1) is 0 Å². The molecule has 5 nitrogen and oxygen atoms in total. The standard InChI is InChI=1S/C19H22N2O3/c1-19(2,3)21-18(23)14-7-5-13(6-8-14)17(22)20-15-9-11-16(24-4)12-10-15/h5-12H,1-4H3,(H,20,22)(H,21,23). The van der Waals surface area contributed by atoms with E-state index in [0.29, 0.717) is 16.8 Å². The van der Waals surface area contributed by atoms with Gasteiger partial charge < -0.3 is 15.4 Å². The lowest BCUT2D eigenvalue weighted by Gasteiger charge is -2.20. The van der Waals surface area contributed by atoms with Crippen LogP contribution in [-0.2, 0) is 0 Å². The maximum atomic E-state index is 12.2. The summed E-state index contributed by atoms with van der Waals surface area (Å²) in [5, 5.41) is 5.68. The molecule has 0 bridgehead atoms. The summed E-state index contributed by atoms with van der Waals surface area (Å²) in [6.07, 6.45) is 0. The number of carbonyl (C=O) groups excluding carboxylic acids is 2. The van der Waals surface area contributed by atoms with Gasteiger partial charge in [0.25, 0.3) is 11.8 Å². The molecule has 0 aliphatic rings. The van der Waals surface area contributed by atoms with E-state index in [4.69, 9.17) is 4.74 Å². The Labute approximate surface area is 142 Å². The number of carbonyl (C=O) groups is 2. The maximum Gasteiger partial charge on any atom is 0.255 e. The molecule has 0 saturated heterocycles. The fourth-order valence-corrected chi connectivity index (χ4v) is 2.06. The monoisotopic (exact) mass is 326 g/mol. The van der Waals surface area contributed by atoms with E-state index in [-0.39, 0.29) is 17.4 Å². The molecule has 0 atom stereocenters. The van der Waals surface area contributed by atoms with Crippen molar-refractivity contribution in [1.29, 1.82) is 0 Å². The zero-order chi connectivity index (χ0) is 17.7. The lowest BCUT2D eigenvalue weighted by atomic mass is 10.1. The van der Waals surface area contributed by atoms with Gasteiger partial charge in [0.1, 0.15) is 5.75 Å². The predicted octanol–water partition coefficient (Wildman–Crippen LogP) is 3.48. The minimum atomic E-state index is -0.304. The molecule has 0 aliphatic carbocycles. The normalized spacial score (nSPS) is 10.8. The molecule has 2 aromatic carbocycles. The Hall–Kier alpha value is -2.82. The van der Waals surface area contributed by atoms with Crippen LogP contribution in [0, 0.1) is 0 Å². The van der Waals surface area contributed by atoms with E-state index in [1.807, 2.05) is 20.8 Å². The molecular formula is C19H22N2O3. The predicted molar refractivity (Wildman–Crippen MR) is 94.6 cm³/mol. The van der Waals surface area contributed by atoms with Crippen molar-refractivity contribution >= 4 is 17.5 Å². The smallest absolute Gasteiger partial charge is 0.255 e. The molecule has 0 heterocycles. The second-order valence-corrected chi connectivity index (χ2v) is 6.46. The number of amides is 2. The minimum Gasteiger partial charge on any atom is -0.497 e. The highest BCUT2D eigenvalue weighted by atomic mass is 16.5. The zero-order valence-electron chi connectivity index (χ0n) is 14.3. The van der Waals surface area contributed by atoms with Gasteiger partial charge in [-0.1, -0.05) is 0 Å². The highest BCUT2D eigenvalue weighted by Gasteiger charge is 2.15. The van der Waals surface area contributed by atoms with Crippen LogP contribution in [0.1, 0.15) is 41.5 Å². The maximum absolute atomic E-state index is 12.2. The number of nitrogens with one attached hydrogen (secondary N) is 2. The van der Waals surface area contributed by atoms with Crippen molar-refractivity contribution < 1.29 is 14.3 Å². The van der Waals surface area contributed by atoms with E-state index in [1.165, 1.54) is 0 Å². The number of hydrogen-bond donors (Lipinski definition) is 2. The summed E-state index contributed by atoms with van der Waals surface area (Å²) in [4.78, 5) is 24.3. The molecule has 0 fully saturated rings. The summed E-state index contributed by atoms with van der Waals surface area (Å²) in [6, 6.07) is 13.6. The van der Waals surface area contributed by atoms with Crippen molar-refractivity contribution in [3.05, 3.63) is 59.7 Å². The third-order valence-corrected chi connectivity index (χ3v) is 3.25. The molecule has 0 aromatic heterocycles. The lowest BCUT2D eigenvalue weighted by Crippen LogP contribution is -2.40. The molecule has 2 amide bonds. The molecular weight excluding hydrogens is 304 g/mol. The van der Waals surface area contributed by atoms with Crippen LogP contribution in [-0.4, -0.2) is 24.5 Å². The Morgan fingerprint density at radius 3 is 1.79 bits per heavy atom. The van der Waals surface area contributed by atoms with Crippen molar-refractivity contribution in [2.45, 2.75) is 26.3 Å². The van der Waals surface area contributed by atoms with Crippen LogP contribution in [0.4, 0.5) is 5.69 Å². The molecule has 0 aliphatic heterocycles. The lowest BCUT2D eigenvalue weighted by molar-refractivity contribution is 0.0918. The van der Waals surface area contributed by atoms with E-state index in [1.54, 1.807) is 55.6 Å². The van der Waals surface area contributed by atoms with Crippen molar-refractivity contribution in [3.8, 4) is 5.75 Å². The zero-order valence-corrected chi connectivity index (χ0v) is 14.3. The first-order valence-electron chi connectivity index (χ1n) is 7.66. The largest absolute Gasteiger partial charge is 0.497 e. The second kappa shape index (κ2) is 7.17. The summed E-state index contributed by atoms with van der Waals surface area (Å²) < 4.78 is 5.08. The average Bonchev–Trinajstić information content (AvgIpc) is 2.54. The van der Waals surface area contributed by atoms with Gasteiger partial charge in [-0.05, 0) is 69.3 Å². The molecule has 2 aromatic rings. The van der Waals surface area contributed by atoms with E-state index >= 15 is 0 Å². The van der Waals surface area contributed by atoms with Crippen LogP contribution >= 0.6 is 0 Å². The van der Waals surface area contributed by atoms with E-state index in [9.17, 15) is 9.59 Å². The highest BCUT2D eigenvalue weighted by molar-refractivity contribution is 6.05. The summed E-state index contributed by atoms with van der Waals surface area (Å²) in [6.45, 7) is 5.75. The van der Waals surface area contributed by atoms with E-state index < -0.39 is 0 Å². The molecule has 0 spiro atoms.